The van der Waals surface area contributed by atoms with E-state index in [1.165, 1.54) is 0 Å². The maximum absolute atomic E-state index is 13.2. The molecule has 1 aliphatic heterocycles. The minimum Gasteiger partial charge on any atom is -0.351 e. The number of benzene rings is 2. The van der Waals surface area contributed by atoms with Gasteiger partial charge < -0.3 is 5.32 Å². The minimum atomic E-state index is -4.67. The third kappa shape index (κ3) is 7.18. The number of halogens is 4. The van der Waals surface area contributed by atoms with Crippen LogP contribution in [0.15, 0.2) is 54.6 Å². The smallest absolute Gasteiger partial charge is 0.351 e. The summed E-state index contributed by atoms with van der Waals surface area (Å²) < 4.78 is 52.3. The molecule has 2 aromatic carbocycles. The van der Waals surface area contributed by atoms with Crippen LogP contribution in [-0.2, 0) is 17.5 Å². The quantitative estimate of drug-likeness (QED) is 0.673. The fraction of sp³-hybridized carbons (Fsp3) is 0.348. The molecule has 0 saturated carbocycles. The van der Waals surface area contributed by atoms with Crippen LogP contribution in [0.2, 0.25) is 0 Å². The Morgan fingerprint density at radius 2 is 1.68 bits per heavy atom. The zero-order valence-electron chi connectivity index (χ0n) is 17.0. The van der Waals surface area contributed by atoms with E-state index in [2.05, 4.69) is 22.4 Å². The van der Waals surface area contributed by atoms with E-state index in [4.69, 9.17) is 0 Å². The van der Waals surface area contributed by atoms with Crippen molar-refractivity contribution >= 4 is 12.0 Å². The summed E-state index contributed by atoms with van der Waals surface area (Å²) in [6.07, 6.45) is -0.490. The molecule has 3 rings (SSSR count). The Labute approximate surface area is 179 Å². The summed E-state index contributed by atoms with van der Waals surface area (Å²) >= 11 is 0. The lowest BCUT2D eigenvalue weighted by Crippen LogP contribution is -2.49. The van der Waals surface area contributed by atoms with Crippen molar-refractivity contribution in [2.24, 2.45) is 0 Å². The molecular weight excluding hydrogens is 410 g/mol. The second-order valence-corrected chi connectivity index (χ2v) is 7.47. The van der Waals surface area contributed by atoms with Crippen LogP contribution in [0.5, 0.6) is 0 Å². The van der Waals surface area contributed by atoms with Crippen LogP contribution in [0.25, 0.3) is 6.08 Å². The molecule has 1 N–H and O–H groups in total. The molecule has 31 heavy (non-hydrogen) atoms. The number of carbonyl (C=O) groups excluding carboxylic acids is 1. The normalized spacial score (nSPS) is 16.0. The topological polar surface area (TPSA) is 35.6 Å². The first-order chi connectivity index (χ1) is 14.8. The Kier molecular flexibility index (Phi) is 7.81. The standard InChI is InChI=1S/C23H25F4N3O/c24-20-9-8-19(21(15-20)23(25,26)27)16-28-22(31)17-30-13-11-29(12-14-30)10-4-7-18-5-2-1-3-6-18/h1-9,15H,10-14,16-17H2,(H,28,31)/b7-4+. The molecule has 0 atom stereocenters. The highest BCUT2D eigenvalue weighted by atomic mass is 19.4. The van der Waals surface area contributed by atoms with Gasteiger partial charge in [-0.25, -0.2) is 4.39 Å². The lowest BCUT2D eigenvalue weighted by Gasteiger charge is -2.33. The lowest BCUT2D eigenvalue weighted by atomic mass is 10.1. The first-order valence-corrected chi connectivity index (χ1v) is 10.1. The summed E-state index contributed by atoms with van der Waals surface area (Å²) in [5, 5.41) is 2.51. The number of nitrogens with zero attached hydrogens (tertiary/aromatic N) is 2. The lowest BCUT2D eigenvalue weighted by molar-refractivity contribution is -0.138. The SMILES string of the molecule is O=C(CN1CCN(C/C=C/c2ccccc2)CC1)NCc1ccc(F)cc1C(F)(F)F. The Balaban J connectivity index is 1.41. The maximum atomic E-state index is 13.2. The van der Waals surface area contributed by atoms with E-state index in [-0.39, 0.29) is 24.6 Å². The highest BCUT2D eigenvalue weighted by molar-refractivity contribution is 5.78. The zero-order chi connectivity index (χ0) is 22.3. The van der Waals surface area contributed by atoms with Gasteiger partial charge in [0, 0.05) is 39.3 Å². The Bertz CT molecular complexity index is 891. The second-order valence-electron chi connectivity index (χ2n) is 7.47. The van der Waals surface area contributed by atoms with Gasteiger partial charge in [0.15, 0.2) is 0 Å². The third-order valence-corrected chi connectivity index (χ3v) is 5.16. The molecule has 2 aromatic rings. The zero-order valence-corrected chi connectivity index (χ0v) is 17.0. The minimum absolute atomic E-state index is 0.121. The number of rotatable bonds is 7. The Morgan fingerprint density at radius 1 is 1.00 bits per heavy atom. The molecule has 1 amide bonds. The monoisotopic (exact) mass is 435 g/mol. The molecule has 1 fully saturated rings. The first kappa shape index (κ1) is 23.0. The van der Waals surface area contributed by atoms with E-state index < -0.39 is 17.6 Å². The van der Waals surface area contributed by atoms with Crippen LogP contribution in [0, 0.1) is 5.82 Å². The summed E-state index contributed by atoms with van der Waals surface area (Å²) in [6.45, 7) is 3.67. The summed E-state index contributed by atoms with van der Waals surface area (Å²) in [4.78, 5) is 16.4. The number of hydrogen-bond acceptors (Lipinski definition) is 3. The summed E-state index contributed by atoms with van der Waals surface area (Å²) in [5.74, 6) is -1.31. The van der Waals surface area contributed by atoms with Gasteiger partial charge in [0.05, 0.1) is 12.1 Å². The Morgan fingerprint density at radius 3 is 2.35 bits per heavy atom. The van der Waals surface area contributed by atoms with Crippen LogP contribution in [-0.4, -0.2) is 55.0 Å². The van der Waals surface area contributed by atoms with Crippen molar-refractivity contribution in [3.63, 3.8) is 0 Å². The van der Waals surface area contributed by atoms with Crippen LogP contribution in [0.3, 0.4) is 0 Å². The molecule has 0 spiro atoms. The van der Waals surface area contributed by atoms with Gasteiger partial charge in [0.25, 0.3) is 0 Å². The van der Waals surface area contributed by atoms with Crippen molar-refractivity contribution in [1.29, 1.82) is 0 Å². The fourth-order valence-corrected chi connectivity index (χ4v) is 3.45. The van der Waals surface area contributed by atoms with E-state index in [0.717, 1.165) is 37.3 Å². The molecule has 8 heteroatoms. The summed E-state index contributed by atoms with van der Waals surface area (Å²) in [6, 6.07) is 12.5. The van der Waals surface area contributed by atoms with E-state index in [9.17, 15) is 22.4 Å². The molecule has 0 aromatic heterocycles. The average Bonchev–Trinajstić information content (AvgIpc) is 2.74. The van der Waals surface area contributed by atoms with E-state index >= 15 is 0 Å². The predicted molar refractivity (Wildman–Crippen MR) is 112 cm³/mol. The molecule has 1 heterocycles. The largest absolute Gasteiger partial charge is 0.416 e. The second kappa shape index (κ2) is 10.5. The molecular formula is C23H25F4N3O. The highest BCUT2D eigenvalue weighted by Crippen LogP contribution is 2.32. The molecule has 1 aliphatic rings. The van der Waals surface area contributed by atoms with Crippen molar-refractivity contribution in [3.05, 3.63) is 77.1 Å². The van der Waals surface area contributed by atoms with E-state index in [0.29, 0.717) is 19.2 Å². The molecule has 166 valence electrons. The highest BCUT2D eigenvalue weighted by Gasteiger charge is 2.33. The van der Waals surface area contributed by atoms with Gasteiger partial charge in [-0.2, -0.15) is 13.2 Å². The van der Waals surface area contributed by atoms with E-state index in [1.54, 1.807) is 0 Å². The van der Waals surface area contributed by atoms with Crippen LogP contribution < -0.4 is 5.32 Å². The van der Waals surface area contributed by atoms with Gasteiger partial charge in [-0.05, 0) is 23.3 Å². The van der Waals surface area contributed by atoms with Gasteiger partial charge >= 0.3 is 6.18 Å². The maximum Gasteiger partial charge on any atom is 0.416 e. The summed E-state index contributed by atoms with van der Waals surface area (Å²) in [7, 11) is 0. The van der Waals surface area contributed by atoms with Crippen molar-refractivity contribution in [2.45, 2.75) is 12.7 Å². The third-order valence-electron chi connectivity index (χ3n) is 5.16. The van der Waals surface area contributed by atoms with Gasteiger partial charge in [-0.15, -0.1) is 0 Å². The number of hydrogen-bond donors (Lipinski definition) is 1. The molecule has 4 nitrogen and oxygen atoms in total. The molecule has 0 radical (unpaired) electrons. The van der Waals surface area contributed by atoms with Crippen molar-refractivity contribution in [1.82, 2.24) is 15.1 Å². The number of nitrogens with one attached hydrogen (secondary N) is 1. The van der Waals surface area contributed by atoms with Crippen molar-refractivity contribution in [3.8, 4) is 0 Å². The van der Waals surface area contributed by atoms with Gasteiger partial charge in [0.2, 0.25) is 5.91 Å². The number of carbonyl (C=O) groups is 1. The van der Waals surface area contributed by atoms with Gasteiger partial charge in [-0.3, -0.25) is 14.6 Å². The predicted octanol–water partition coefficient (Wildman–Crippen LogP) is 3.79. The molecule has 0 aliphatic carbocycles. The number of alkyl halides is 3. The van der Waals surface area contributed by atoms with Crippen LogP contribution in [0.1, 0.15) is 16.7 Å². The average molecular weight is 435 g/mol. The van der Waals surface area contributed by atoms with Crippen LogP contribution in [0.4, 0.5) is 17.6 Å². The van der Waals surface area contributed by atoms with Gasteiger partial charge in [0.1, 0.15) is 5.82 Å². The molecule has 0 unspecified atom stereocenters. The summed E-state index contributed by atoms with van der Waals surface area (Å²) in [5.41, 5.74) is -0.0742. The molecule has 0 bridgehead atoms. The Hall–Kier alpha value is -2.71. The molecule has 1 saturated heterocycles. The fourth-order valence-electron chi connectivity index (χ4n) is 3.45. The van der Waals surface area contributed by atoms with Crippen molar-refractivity contribution in [2.75, 3.05) is 39.3 Å². The van der Waals surface area contributed by atoms with E-state index in [1.807, 2.05) is 35.2 Å². The number of amides is 1. The van der Waals surface area contributed by atoms with Crippen molar-refractivity contribution < 1.29 is 22.4 Å². The van der Waals surface area contributed by atoms with Gasteiger partial charge in [-0.1, -0.05) is 48.6 Å². The number of piperazine rings is 1. The first-order valence-electron chi connectivity index (χ1n) is 10.1. The van der Waals surface area contributed by atoms with Crippen LogP contribution >= 0.6 is 0 Å².